The predicted molar refractivity (Wildman–Crippen MR) is 91.3 cm³/mol. The summed E-state index contributed by atoms with van der Waals surface area (Å²) in [6, 6.07) is 4.46. The van der Waals surface area contributed by atoms with Crippen LogP contribution in [0.15, 0.2) is 6.07 Å². The molecule has 1 aromatic heterocycles. The third kappa shape index (κ3) is 3.96. The summed E-state index contributed by atoms with van der Waals surface area (Å²) in [6.07, 6.45) is 6.97. The van der Waals surface area contributed by atoms with Gasteiger partial charge in [-0.3, -0.25) is 14.8 Å². The molecular formula is C18H27N5O. The van der Waals surface area contributed by atoms with Crippen molar-refractivity contribution >= 4 is 5.91 Å². The second kappa shape index (κ2) is 7.35. The Kier molecular flexibility index (Phi) is 5.20. The number of aromatic nitrogens is 2. The van der Waals surface area contributed by atoms with Gasteiger partial charge in [0.25, 0.3) is 0 Å². The standard InChI is InChI=1S/C18H27N5O/c1-14-10-16(22-21-14)15-6-5-9-23(11-15)12-17(24)20-18(13-19)7-3-2-4-8-18/h10,15H,2-9,11-12H2,1H3,(H,20,24)(H,21,22)/t15-/m0/s1. The number of piperidine rings is 1. The number of hydrogen-bond acceptors (Lipinski definition) is 4. The monoisotopic (exact) mass is 329 g/mol. The first kappa shape index (κ1) is 17.0. The summed E-state index contributed by atoms with van der Waals surface area (Å²) in [7, 11) is 0. The van der Waals surface area contributed by atoms with E-state index in [0.717, 1.165) is 69.4 Å². The first-order chi connectivity index (χ1) is 11.6. The Morgan fingerprint density at radius 1 is 1.46 bits per heavy atom. The van der Waals surface area contributed by atoms with Gasteiger partial charge >= 0.3 is 0 Å². The van der Waals surface area contributed by atoms with Crippen LogP contribution in [0.2, 0.25) is 0 Å². The second-order valence-electron chi connectivity index (χ2n) is 7.35. The normalized spacial score (nSPS) is 24.2. The summed E-state index contributed by atoms with van der Waals surface area (Å²) in [5.74, 6) is 0.369. The van der Waals surface area contributed by atoms with Gasteiger partial charge in [0, 0.05) is 18.2 Å². The lowest BCUT2D eigenvalue weighted by Gasteiger charge is -2.34. The molecule has 130 valence electrons. The second-order valence-corrected chi connectivity index (χ2v) is 7.35. The van der Waals surface area contributed by atoms with Crippen molar-refractivity contribution in [2.45, 2.75) is 63.3 Å². The van der Waals surface area contributed by atoms with Crippen molar-refractivity contribution in [2.75, 3.05) is 19.6 Å². The van der Waals surface area contributed by atoms with Crippen LogP contribution >= 0.6 is 0 Å². The van der Waals surface area contributed by atoms with Crippen LogP contribution in [0, 0.1) is 18.3 Å². The molecule has 2 aliphatic rings. The van der Waals surface area contributed by atoms with Gasteiger partial charge in [0.2, 0.25) is 5.91 Å². The largest absolute Gasteiger partial charge is 0.337 e. The van der Waals surface area contributed by atoms with Gasteiger partial charge in [0.1, 0.15) is 5.54 Å². The molecule has 0 spiro atoms. The van der Waals surface area contributed by atoms with E-state index < -0.39 is 5.54 Å². The Hall–Kier alpha value is -1.87. The molecule has 1 aromatic rings. The molecular weight excluding hydrogens is 302 g/mol. The number of nitrogens with one attached hydrogen (secondary N) is 2. The SMILES string of the molecule is Cc1cc([C@H]2CCCN(CC(=O)NC3(C#N)CCCCC3)C2)n[nH]1. The Bertz CT molecular complexity index is 611. The van der Waals surface area contributed by atoms with Crippen LogP contribution in [0.1, 0.15) is 62.3 Å². The molecule has 0 bridgehead atoms. The van der Waals surface area contributed by atoms with Gasteiger partial charge in [-0.25, -0.2) is 0 Å². The van der Waals surface area contributed by atoms with Crippen molar-refractivity contribution in [3.05, 3.63) is 17.5 Å². The van der Waals surface area contributed by atoms with E-state index in [-0.39, 0.29) is 5.91 Å². The van der Waals surface area contributed by atoms with Crippen LogP contribution < -0.4 is 5.32 Å². The molecule has 6 nitrogen and oxygen atoms in total. The van der Waals surface area contributed by atoms with Crippen LogP contribution in [-0.2, 0) is 4.79 Å². The highest BCUT2D eigenvalue weighted by atomic mass is 16.2. The van der Waals surface area contributed by atoms with Crippen molar-refractivity contribution in [3.8, 4) is 6.07 Å². The number of nitrogens with zero attached hydrogens (tertiary/aromatic N) is 3. The van der Waals surface area contributed by atoms with Gasteiger partial charge in [-0.05, 0) is 45.2 Å². The molecule has 0 aromatic carbocycles. The molecule has 3 rings (SSSR count). The summed E-state index contributed by atoms with van der Waals surface area (Å²) in [6.45, 7) is 4.18. The molecule has 1 aliphatic heterocycles. The summed E-state index contributed by atoms with van der Waals surface area (Å²) in [5.41, 5.74) is 1.54. The van der Waals surface area contributed by atoms with Crippen LogP contribution in [0.4, 0.5) is 0 Å². The summed E-state index contributed by atoms with van der Waals surface area (Å²) >= 11 is 0. The topological polar surface area (TPSA) is 84.8 Å². The van der Waals surface area contributed by atoms with E-state index in [1.807, 2.05) is 6.92 Å². The van der Waals surface area contributed by atoms with Crippen molar-refractivity contribution in [2.24, 2.45) is 0 Å². The fraction of sp³-hybridized carbons (Fsp3) is 0.722. The van der Waals surface area contributed by atoms with E-state index in [0.29, 0.717) is 12.5 Å². The number of rotatable bonds is 4. The smallest absolute Gasteiger partial charge is 0.235 e. The van der Waals surface area contributed by atoms with Crippen molar-refractivity contribution in [3.63, 3.8) is 0 Å². The third-order valence-corrected chi connectivity index (χ3v) is 5.32. The molecule has 2 N–H and O–H groups in total. The van der Waals surface area contributed by atoms with Crippen molar-refractivity contribution in [1.29, 1.82) is 5.26 Å². The van der Waals surface area contributed by atoms with Crippen molar-refractivity contribution < 1.29 is 4.79 Å². The minimum absolute atomic E-state index is 0.0164. The highest BCUT2D eigenvalue weighted by molar-refractivity contribution is 5.79. The fourth-order valence-corrected chi connectivity index (χ4v) is 4.02. The molecule has 1 atom stereocenters. The lowest BCUT2D eigenvalue weighted by atomic mass is 9.83. The molecule has 1 aliphatic carbocycles. The number of nitriles is 1. The predicted octanol–water partition coefficient (Wildman–Crippen LogP) is 2.24. The summed E-state index contributed by atoms with van der Waals surface area (Å²) < 4.78 is 0. The summed E-state index contributed by atoms with van der Waals surface area (Å²) in [5, 5.41) is 19.9. The Labute approximate surface area is 143 Å². The molecule has 2 fully saturated rings. The average molecular weight is 329 g/mol. The Morgan fingerprint density at radius 3 is 2.92 bits per heavy atom. The van der Waals surface area contributed by atoms with Gasteiger partial charge in [-0.1, -0.05) is 19.3 Å². The highest BCUT2D eigenvalue weighted by Gasteiger charge is 2.34. The van der Waals surface area contributed by atoms with Crippen LogP contribution in [0.5, 0.6) is 0 Å². The minimum Gasteiger partial charge on any atom is -0.337 e. The molecule has 24 heavy (non-hydrogen) atoms. The van der Waals surface area contributed by atoms with Gasteiger partial charge in [-0.2, -0.15) is 10.4 Å². The maximum Gasteiger partial charge on any atom is 0.235 e. The van der Waals surface area contributed by atoms with E-state index in [9.17, 15) is 10.1 Å². The van der Waals surface area contributed by atoms with E-state index in [2.05, 4.69) is 32.5 Å². The Balaban J connectivity index is 1.55. The minimum atomic E-state index is -0.635. The zero-order valence-corrected chi connectivity index (χ0v) is 14.5. The fourth-order valence-electron chi connectivity index (χ4n) is 4.02. The highest BCUT2D eigenvalue weighted by Crippen LogP contribution is 2.28. The van der Waals surface area contributed by atoms with Gasteiger partial charge in [-0.15, -0.1) is 0 Å². The number of hydrogen-bond donors (Lipinski definition) is 2. The lowest BCUT2D eigenvalue weighted by Crippen LogP contribution is -2.52. The first-order valence-corrected chi connectivity index (χ1v) is 9.07. The number of carbonyl (C=O) groups excluding carboxylic acids is 1. The number of aryl methyl sites for hydroxylation is 1. The van der Waals surface area contributed by atoms with E-state index in [1.54, 1.807) is 0 Å². The average Bonchev–Trinajstić information content (AvgIpc) is 3.02. The number of amides is 1. The van der Waals surface area contributed by atoms with E-state index in [1.165, 1.54) is 0 Å². The molecule has 2 heterocycles. The zero-order chi connectivity index (χ0) is 17.0. The molecule has 6 heteroatoms. The van der Waals surface area contributed by atoms with E-state index >= 15 is 0 Å². The molecule has 1 saturated carbocycles. The van der Waals surface area contributed by atoms with Crippen LogP contribution in [-0.4, -0.2) is 46.2 Å². The van der Waals surface area contributed by atoms with Crippen molar-refractivity contribution in [1.82, 2.24) is 20.4 Å². The van der Waals surface area contributed by atoms with Gasteiger partial charge < -0.3 is 5.32 Å². The number of aromatic amines is 1. The maximum absolute atomic E-state index is 12.5. The number of carbonyl (C=O) groups is 1. The van der Waals surface area contributed by atoms with Gasteiger partial charge in [0.15, 0.2) is 0 Å². The van der Waals surface area contributed by atoms with Crippen LogP contribution in [0.25, 0.3) is 0 Å². The number of H-pyrrole nitrogens is 1. The van der Waals surface area contributed by atoms with Gasteiger partial charge in [0.05, 0.1) is 18.3 Å². The van der Waals surface area contributed by atoms with E-state index in [4.69, 9.17) is 0 Å². The molecule has 1 amide bonds. The quantitative estimate of drug-likeness (QED) is 0.887. The Morgan fingerprint density at radius 2 is 2.25 bits per heavy atom. The number of likely N-dealkylation sites (tertiary alicyclic amines) is 1. The molecule has 1 saturated heterocycles. The summed E-state index contributed by atoms with van der Waals surface area (Å²) in [4.78, 5) is 14.7. The zero-order valence-electron chi connectivity index (χ0n) is 14.5. The first-order valence-electron chi connectivity index (χ1n) is 9.07. The van der Waals surface area contributed by atoms with Crippen LogP contribution in [0.3, 0.4) is 0 Å². The lowest BCUT2D eigenvalue weighted by molar-refractivity contribution is -0.124. The molecule has 0 radical (unpaired) electrons. The molecule has 0 unspecified atom stereocenters. The maximum atomic E-state index is 12.5. The third-order valence-electron chi connectivity index (χ3n) is 5.32.